The summed E-state index contributed by atoms with van der Waals surface area (Å²) in [5, 5.41) is 11.1. The molecule has 0 aliphatic heterocycles. The fraction of sp³-hybridized carbons (Fsp3) is 0.143. The molecule has 0 spiro atoms. The Labute approximate surface area is 178 Å². The molecule has 0 fully saturated rings. The number of nitriles is 1. The fourth-order valence-corrected chi connectivity index (χ4v) is 2.70. The van der Waals surface area contributed by atoms with Crippen LogP contribution < -0.4 is 15.6 Å². The number of aromatic nitrogens is 2. The molecule has 2 aromatic heterocycles. The summed E-state index contributed by atoms with van der Waals surface area (Å²) in [5.74, 6) is -2.17. The number of alkyl halides is 3. The molecular formula is C21H14F4N4O3. The molecule has 7 nitrogen and oxygen atoms in total. The third kappa shape index (κ3) is 5.48. The van der Waals surface area contributed by atoms with E-state index in [4.69, 9.17) is 5.26 Å². The average Bonchev–Trinajstić information content (AvgIpc) is 2.74. The number of hydrogen-bond acceptors (Lipinski definition) is 5. The summed E-state index contributed by atoms with van der Waals surface area (Å²) in [4.78, 5) is 29.4. The van der Waals surface area contributed by atoms with E-state index in [9.17, 15) is 27.2 Å². The van der Waals surface area contributed by atoms with Crippen LogP contribution in [-0.2, 0) is 6.42 Å². The first-order valence-electron chi connectivity index (χ1n) is 9.02. The van der Waals surface area contributed by atoms with Gasteiger partial charge in [-0.1, -0.05) is 0 Å². The number of benzene rings is 1. The molecule has 0 saturated carbocycles. The first-order chi connectivity index (χ1) is 15.2. The Hall–Kier alpha value is -4.20. The molecule has 0 aliphatic rings. The summed E-state index contributed by atoms with van der Waals surface area (Å²) in [6.07, 6.45) is -2.05. The van der Waals surface area contributed by atoms with Crippen molar-refractivity contribution in [3.63, 3.8) is 0 Å². The highest BCUT2D eigenvalue weighted by Crippen LogP contribution is 2.26. The van der Waals surface area contributed by atoms with Crippen LogP contribution in [0.2, 0.25) is 0 Å². The van der Waals surface area contributed by atoms with E-state index in [1.165, 1.54) is 36.7 Å². The second kappa shape index (κ2) is 9.30. The van der Waals surface area contributed by atoms with E-state index < -0.39 is 35.8 Å². The maximum Gasteiger partial charge on any atom is 0.422 e. The number of carbonyl (C=O) groups is 1. The van der Waals surface area contributed by atoms with Crippen LogP contribution in [0, 0.1) is 17.1 Å². The molecule has 3 aromatic rings. The highest BCUT2D eigenvalue weighted by Gasteiger charge is 2.29. The predicted molar refractivity (Wildman–Crippen MR) is 105 cm³/mol. The van der Waals surface area contributed by atoms with Crippen molar-refractivity contribution >= 4 is 11.6 Å². The maximum atomic E-state index is 13.6. The van der Waals surface area contributed by atoms with Crippen molar-refractivity contribution in [3.8, 4) is 17.5 Å². The third-order valence-electron chi connectivity index (χ3n) is 4.11. The number of nitrogens with zero attached hydrogens (tertiary/aromatic N) is 3. The lowest BCUT2D eigenvalue weighted by Crippen LogP contribution is -2.28. The zero-order valence-electron chi connectivity index (χ0n) is 16.2. The van der Waals surface area contributed by atoms with Crippen molar-refractivity contribution in [3.05, 3.63) is 82.3 Å². The molecule has 0 saturated heterocycles. The molecule has 1 amide bonds. The summed E-state index contributed by atoms with van der Waals surface area (Å²) in [7, 11) is 0. The van der Waals surface area contributed by atoms with Crippen LogP contribution in [0.5, 0.6) is 5.75 Å². The molecule has 0 unspecified atom stereocenters. The van der Waals surface area contributed by atoms with Gasteiger partial charge in [-0.15, -0.1) is 0 Å². The molecule has 11 heteroatoms. The Kier molecular flexibility index (Phi) is 6.53. The SMILES string of the molecule is N#CCc1ccc(NC(=O)c2cccn(-c3ccc(F)cc3OCC(F)(F)F)c2=O)cn1. The van der Waals surface area contributed by atoms with E-state index in [2.05, 4.69) is 15.0 Å². The van der Waals surface area contributed by atoms with Crippen LogP contribution in [0.3, 0.4) is 0 Å². The molecule has 2 heterocycles. The predicted octanol–water partition coefficient (Wildman–Crippen LogP) is 3.63. The van der Waals surface area contributed by atoms with Crippen LogP contribution in [0.4, 0.5) is 23.2 Å². The molecule has 3 rings (SSSR count). The maximum absolute atomic E-state index is 13.6. The number of amides is 1. The van der Waals surface area contributed by atoms with Crippen LogP contribution in [0.15, 0.2) is 59.7 Å². The highest BCUT2D eigenvalue weighted by molar-refractivity contribution is 6.03. The number of rotatable bonds is 6. The Morgan fingerprint density at radius 1 is 1.22 bits per heavy atom. The smallest absolute Gasteiger partial charge is 0.422 e. The number of ether oxygens (including phenoxy) is 1. The number of nitrogens with one attached hydrogen (secondary N) is 1. The standard InChI is InChI=1S/C21H14F4N4O3/c22-13-3-6-17(18(10-13)32-12-21(23,24)25)29-9-1-2-16(20(29)31)19(30)28-15-5-4-14(7-8-26)27-11-15/h1-6,9-11H,7,12H2,(H,28,30). The number of carbonyl (C=O) groups excluding carboxylic acids is 1. The van der Waals surface area contributed by atoms with Gasteiger partial charge >= 0.3 is 6.18 Å². The highest BCUT2D eigenvalue weighted by atomic mass is 19.4. The largest absolute Gasteiger partial charge is 0.482 e. The van der Waals surface area contributed by atoms with E-state index in [0.717, 1.165) is 16.7 Å². The zero-order valence-corrected chi connectivity index (χ0v) is 16.2. The molecule has 32 heavy (non-hydrogen) atoms. The van der Waals surface area contributed by atoms with Gasteiger partial charge in [0.15, 0.2) is 6.61 Å². The van der Waals surface area contributed by atoms with Gasteiger partial charge in [0.1, 0.15) is 17.1 Å². The van der Waals surface area contributed by atoms with E-state index in [1.54, 1.807) is 0 Å². The lowest BCUT2D eigenvalue weighted by atomic mass is 10.2. The summed E-state index contributed by atoms with van der Waals surface area (Å²) in [6, 6.07) is 10.3. The van der Waals surface area contributed by atoms with Gasteiger partial charge in [-0.2, -0.15) is 18.4 Å². The monoisotopic (exact) mass is 446 g/mol. The van der Waals surface area contributed by atoms with Crippen LogP contribution in [-0.4, -0.2) is 28.2 Å². The van der Waals surface area contributed by atoms with Crippen LogP contribution in [0.1, 0.15) is 16.1 Å². The summed E-state index contributed by atoms with van der Waals surface area (Å²) >= 11 is 0. The van der Waals surface area contributed by atoms with Gasteiger partial charge in [0, 0.05) is 12.3 Å². The van der Waals surface area contributed by atoms with E-state index in [-0.39, 0.29) is 23.4 Å². The number of anilines is 1. The summed E-state index contributed by atoms with van der Waals surface area (Å²) < 4.78 is 56.7. The van der Waals surface area contributed by atoms with Gasteiger partial charge in [0.2, 0.25) is 0 Å². The van der Waals surface area contributed by atoms with Gasteiger partial charge in [0.25, 0.3) is 11.5 Å². The number of pyridine rings is 2. The minimum Gasteiger partial charge on any atom is -0.482 e. The first-order valence-corrected chi connectivity index (χ1v) is 9.02. The Morgan fingerprint density at radius 2 is 2.00 bits per heavy atom. The van der Waals surface area contributed by atoms with Crippen molar-refractivity contribution in [2.45, 2.75) is 12.6 Å². The Morgan fingerprint density at radius 3 is 2.66 bits per heavy atom. The Bertz CT molecular complexity index is 1230. The molecule has 0 radical (unpaired) electrons. The van der Waals surface area contributed by atoms with Gasteiger partial charge in [0.05, 0.1) is 35.8 Å². The molecule has 164 valence electrons. The van der Waals surface area contributed by atoms with E-state index >= 15 is 0 Å². The molecular weight excluding hydrogens is 432 g/mol. The van der Waals surface area contributed by atoms with Crippen molar-refractivity contribution < 1.29 is 27.1 Å². The lowest BCUT2D eigenvalue weighted by molar-refractivity contribution is -0.153. The van der Waals surface area contributed by atoms with E-state index in [0.29, 0.717) is 11.8 Å². The fourth-order valence-electron chi connectivity index (χ4n) is 2.70. The van der Waals surface area contributed by atoms with Crippen LogP contribution >= 0.6 is 0 Å². The minimum atomic E-state index is -4.67. The van der Waals surface area contributed by atoms with E-state index in [1.807, 2.05) is 6.07 Å². The molecule has 0 bridgehead atoms. The van der Waals surface area contributed by atoms with Crippen molar-refractivity contribution in [1.82, 2.24) is 9.55 Å². The molecule has 1 N–H and O–H groups in total. The number of hydrogen-bond donors (Lipinski definition) is 1. The van der Waals surface area contributed by atoms with Crippen molar-refractivity contribution in [2.75, 3.05) is 11.9 Å². The summed E-state index contributed by atoms with van der Waals surface area (Å²) in [5.41, 5.74) is -0.585. The first kappa shape index (κ1) is 22.5. The second-order valence-electron chi connectivity index (χ2n) is 6.44. The quantitative estimate of drug-likeness (QED) is 0.584. The lowest BCUT2D eigenvalue weighted by Gasteiger charge is -2.15. The third-order valence-corrected chi connectivity index (χ3v) is 4.11. The molecule has 0 atom stereocenters. The Balaban J connectivity index is 1.91. The minimum absolute atomic E-state index is 0.0913. The average molecular weight is 446 g/mol. The number of halogens is 4. The zero-order chi connectivity index (χ0) is 23.3. The van der Waals surface area contributed by atoms with Gasteiger partial charge in [-0.25, -0.2) is 4.39 Å². The molecule has 1 aromatic carbocycles. The van der Waals surface area contributed by atoms with Crippen molar-refractivity contribution in [2.24, 2.45) is 0 Å². The van der Waals surface area contributed by atoms with Crippen LogP contribution in [0.25, 0.3) is 5.69 Å². The van der Waals surface area contributed by atoms with Crippen molar-refractivity contribution in [1.29, 1.82) is 5.26 Å². The van der Waals surface area contributed by atoms with Gasteiger partial charge in [-0.3, -0.25) is 19.1 Å². The molecule has 0 aliphatic carbocycles. The topological polar surface area (TPSA) is 97.0 Å². The summed E-state index contributed by atoms with van der Waals surface area (Å²) in [6.45, 7) is -1.69. The normalized spacial score (nSPS) is 11.0. The van der Waals surface area contributed by atoms with Gasteiger partial charge < -0.3 is 10.1 Å². The van der Waals surface area contributed by atoms with Gasteiger partial charge in [-0.05, 0) is 36.4 Å². The second-order valence-corrected chi connectivity index (χ2v) is 6.44.